The summed E-state index contributed by atoms with van der Waals surface area (Å²) < 4.78 is 0. The van der Waals surface area contributed by atoms with E-state index in [9.17, 15) is 4.79 Å². The third-order valence-electron chi connectivity index (χ3n) is 5.55. The number of halogens is 1. The van der Waals surface area contributed by atoms with Crippen LogP contribution in [-0.2, 0) is 17.6 Å². The standard InChI is InChI=1S/C23H28ClNO2/c24-20-11-9-18(10-12-20)15-19-7-4-8-22(19)25-21(13-14-23(26)27)16-17-5-2-1-3-6-17/h1-3,5-6,9-12,19,21-22,25H,4,7-8,13-16H2,(H,26,27). The van der Waals surface area contributed by atoms with Gasteiger partial charge >= 0.3 is 5.97 Å². The minimum atomic E-state index is -0.723. The first-order chi connectivity index (χ1) is 13.1. The van der Waals surface area contributed by atoms with Crippen LogP contribution in [0.25, 0.3) is 0 Å². The SMILES string of the molecule is O=C(O)CCC(Cc1ccccc1)NC1CCCC1Cc1ccc(Cl)cc1. The highest BCUT2D eigenvalue weighted by Gasteiger charge is 2.29. The molecule has 27 heavy (non-hydrogen) atoms. The van der Waals surface area contributed by atoms with E-state index in [0.717, 1.165) is 24.3 Å². The van der Waals surface area contributed by atoms with E-state index in [1.807, 2.05) is 30.3 Å². The smallest absolute Gasteiger partial charge is 0.303 e. The molecule has 0 saturated heterocycles. The van der Waals surface area contributed by atoms with E-state index >= 15 is 0 Å². The van der Waals surface area contributed by atoms with Crippen molar-refractivity contribution in [3.63, 3.8) is 0 Å². The van der Waals surface area contributed by atoms with Gasteiger partial charge in [-0.25, -0.2) is 0 Å². The molecule has 0 radical (unpaired) electrons. The van der Waals surface area contributed by atoms with Crippen LogP contribution in [0.4, 0.5) is 0 Å². The van der Waals surface area contributed by atoms with Gasteiger partial charge in [-0.2, -0.15) is 0 Å². The van der Waals surface area contributed by atoms with E-state index in [1.165, 1.54) is 24.0 Å². The Kier molecular flexibility index (Phi) is 7.31. The van der Waals surface area contributed by atoms with Gasteiger partial charge in [0.05, 0.1) is 0 Å². The Hall–Kier alpha value is -1.84. The minimum absolute atomic E-state index is 0.194. The summed E-state index contributed by atoms with van der Waals surface area (Å²) in [5.74, 6) is -0.131. The van der Waals surface area contributed by atoms with Crippen molar-refractivity contribution in [1.82, 2.24) is 5.32 Å². The monoisotopic (exact) mass is 385 g/mol. The maximum Gasteiger partial charge on any atom is 0.303 e. The van der Waals surface area contributed by atoms with Crippen molar-refractivity contribution in [1.29, 1.82) is 0 Å². The molecule has 1 fully saturated rings. The van der Waals surface area contributed by atoms with Crippen LogP contribution in [-0.4, -0.2) is 23.2 Å². The number of hydrogen-bond donors (Lipinski definition) is 2. The van der Waals surface area contributed by atoms with Gasteiger partial charge in [-0.3, -0.25) is 4.79 Å². The van der Waals surface area contributed by atoms with Gasteiger partial charge in [0.2, 0.25) is 0 Å². The molecule has 2 aromatic carbocycles. The number of carboxylic acids is 1. The first-order valence-corrected chi connectivity index (χ1v) is 10.2. The van der Waals surface area contributed by atoms with Crippen LogP contribution in [0.2, 0.25) is 5.02 Å². The van der Waals surface area contributed by atoms with Crippen LogP contribution in [0.3, 0.4) is 0 Å². The fraction of sp³-hybridized carbons (Fsp3) is 0.435. The zero-order chi connectivity index (χ0) is 19.1. The van der Waals surface area contributed by atoms with E-state index in [-0.39, 0.29) is 12.5 Å². The maximum absolute atomic E-state index is 11.1. The first-order valence-electron chi connectivity index (χ1n) is 9.86. The molecular formula is C23H28ClNO2. The molecule has 2 N–H and O–H groups in total. The van der Waals surface area contributed by atoms with Gasteiger partial charge in [-0.1, -0.05) is 60.5 Å². The fourth-order valence-corrected chi connectivity index (χ4v) is 4.29. The van der Waals surface area contributed by atoms with E-state index in [0.29, 0.717) is 18.4 Å². The largest absolute Gasteiger partial charge is 0.481 e. The molecule has 1 saturated carbocycles. The summed E-state index contributed by atoms with van der Waals surface area (Å²) in [6.07, 6.45) is 6.40. The summed E-state index contributed by atoms with van der Waals surface area (Å²) in [7, 11) is 0. The van der Waals surface area contributed by atoms with Crippen molar-refractivity contribution in [3.8, 4) is 0 Å². The molecule has 0 aliphatic heterocycles. The summed E-state index contributed by atoms with van der Waals surface area (Å²) >= 11 is 6.00. The topological polar surface area (TPSA) is 49.3 Å². The van der Waals surface area contributed by atoms with Crippen molar-refractivity contribution < 1.29 is 9.90 Å². The average Bonchev–Trinajstić information content (AvgIpc) is 3.09. The van der Waals surface area contributed by atoms with Crippen LogP contribution in [0.1, 0.15) is 43.2 Å². The molecule has 3 unspecified atom stereocenters. The normalized spacial score (nSPS) is 20.5. The average molecular weight is 386 g/mol. The summed E-state index contributed by atoms with van der Waals surface area (Å²) in [5.41, 5.74) is 2.58. The van der Waals surface area contributed by atoms with Gasteiger partial charge < -0.3 is 10.4 Å². The zero-order valence-corrected chi connectivity index (χ0v) is 16.4. The molecule has 0 spiro atoms. The van der Waals surface area contributed by atoms with E-state index in [4.69, 9.17) is 16.7 Å². The quantitative estimate of drug-likeness (QED) is 0.630. The molecular weight excluding hydrogens is 358 g/mol. The van der Waals surface area contributed by atoms with Crippen LogP contribution >= 0.6 is 11.6 Å². The lowest BCUT2D eigenvalue weighted by molar-refractivity contribution is -0.137. The molecule has 4 heteroatoms. The fourth-order valence-electron chi connectivity index (χ4n) is 4.17. The van der Waals surface area contributed by atoms with E-state index in [2.05, 4.69) is 29.6 Å². The molecule has 3 nitrogen and oxygen atoms in total. The molecule has 3 atom stereocenters. The van der Waals surface area contributed by atoms with Crippen LogP contribution in [0.5, 0.6) is 0 Å². The molecule has 0 amide bonds. The number of rotatable bonds is 9. The second kappa shape index (κ2) is 9.91. The van der Waals surface area contributed by atoms with Gasteiger partial charge in [0.25, 0.3) is 0 Å². The number of carboxylic acid groups (broad SMARTS) is 1. The second-order valence-electron chi connectivity index (χ2n) is 7.61. The lowest BCUT2D eigenvalue weighted by Crippen LogP contribution is -2.42. The lowest BCUT2D eigenvalue weighted by Gasteiger charge is -2.27. The Labute approximate surface area is 166 Å². The molecule has 1 aliphatic carbocycles. The molecule has 0 aromatic heterocycles. The Balaban J connectivity index is 1.63. The summed E-state index contributed by atoms with van der Waals surface area (Å²) in [6, 6.07) is 19.1. The highest BCUT2D eigenvalue weighted by molar-refractivity contribution is 6.30. The molecule has 144 valence electrons. The number of carbonyl (C=O) groups is 1. The maximum atomic E-state index is 11.1. The molecule has 2 aromatic rings. The van der Waals surface area contributed by atoms with Gasteiger partial charge in [0.15, 0.2) is 0 Å². The van der Waals surface area contributed by atoms with Crippen molar-refractivity contribution in [2.45, 2.75) is 57.0 Å². The van der Waals surface area contributed by atoms with Crippen LogP contribution in [0, 0.1) is 5.92 Å². The Morgan fingerprint density at radius 2 is 1.81 bits per heavy atom. The molecule has 0 heterocycles. The van der Waals surface area contributed by atoms with Gasteiger partial charge in [-0.05, 0) is 61.3 Å². The minimum Gasteiger partial charge on any atom is -0.481 e. The van der Waals surface area contributed by atoms with Crippen LogP contribution in [0.15, 0.2) is 54.6 Å². The Bertz CT molecular complexity index is 717. The first kappa shape index (κ1) is 19.9. The molecule has 3 rings (SSSR count). The predicted octanol–water partition coefficient (Wildman–Crippen LogP) is 5.12. The van der Waals surface area contributed by atoms with Crippen LogP contribution < -0.4 is 5.32 Å². The molecule has 0 bridgehead atoms. The van der Waals surface area contributed by atoms with Crippen molar-refractivity contribution in [2.75, 3.05) is 0 Å². The highest BCUT2D eigenvalue weighted by Crippen LogP contribution is 2.30. The number of hydrogen-bond acceptors (Lipinski definition) is 2. The van der Waals surface area contributed by atoms with Crippen molar-refractivity contribution in [2.24, 2.45) is 5.92 Å². The van der Waals surface area contributed by atoms with Gasteiger partial charge in [0, 0.05) is 23.5 Å². The summed E-state index contributed by atoms with van der Waals surface area (Å²) in [4.78, 5) is 11.1. The van der Waals surface area contributed by atoms with Gasteiger partial charge in [0.1, 0.15) is 0 Å². The second-order valence-corrected chi connectivity index (χ2v) is 8.05. The summed E-state index contributed by atoms with van der Waals surface area (Å²) in [6.45, 7) is 0. The van der Waals surface area contributed by atoms with Gasteiger partial charge in [-0.15, -0.1) is 0 Å². The number of aliphatic carboxylic acids is 1. The number of nitrogens with one attached hydrogen (secondary N) is 1. The summed E-state index contributed by atoms with van der Waals surface area (Å²) in [5, 5.41) is 13.7. The third-order valence-corrected chi connectivity index (χ3v) is 5.80. The Morgan fingerprint density at radius 1 is 1.07 bits per heavy atom. The van der Waals surface area contributed by atoms with E-state index < -0.39 is 5.97 Å². The lowest BCUT2D eigenvalue weighted by atomic mass is 9.92. The molecule has 1 aliphatic rings. The number of benzene rings is 2. The zero-order valence-electron chi connectivity index (χ0n) is 15.6. The highest BCUT2D eigenvalue weighted by atomic mass is 35.5. The van der Waals surface area contributed by atoms with Crippen molar-refractivity contribution in [3.05, 3.63) is 70.7 Å². The van der Waals surface area contributed by atoms with Crippen molar-refractivity contribution >= 4 is 17.6 Å². The predicted molar refractivity (Wildman–Crippen MR) is 110 cm³/mol. The Morgan fingerprint density at radius 3 is 2.52 bits per heavy atom. The van der Waals surface area contributed by atoms with E-state index in [1.54, 1.807) is 0 Å². The third kappa shape index (κ3) is 6.37.